The average molecular weight is 357 g/mol. The van der Waals surface area contributed by atoms with E-state index in [2.05, 4.69) is 14.0 Å². The Morgan fingerprint density at radius 1 is 1.44 bits per heavy atom. The second kappa shape index (κ2) is 7.93. The van der Waals surface area contributed by atoms with Crippen molar-refractivity contribution in [3.63, 3.8) is 0 Å². The van der Waals surface area contributed by atoms with Gasteiger partial charge in [0.1, 0.15) is 0 Å². The second-order valence-corrected chi connectivity index (χ2v) is 6.00. The molecule has 1 heterocycles. The zero-order valence-electron chi connectivity index (χ0n) is 10.7. The topological polar surface area (TPSA) is 17.1 Å². The van der Waals surface area contributed by atoms with Crippen molar-refractivity contribution < 1.29 is 33.3 Å². The van der Waals surface area contributed by atoms with Crippen LogP contribution < -0.4 is 24.0 Å². The Balaban J connectivity index is 0.00000225. The molecule has 0 N–H and O–H groups in total. The van der Waals surface area contributed by atoms with Crippen LogP contribution in [0.5, 0.6) is 0 Å². The summed E-state index contributed by atoms with van der Waals surface area (Å²) < 4.78 is 1.17. The highest BCUT2D eigenvalue weighted by Crippen LogP contribution is 2.24. The van der Waals surface area contributed by atoms with Crippen LogP contribution in [0.3, 0.4) is 0 Å². The number of carbonyl (C=O) groups is 1. The van der Waals surface area contributed by atoms with Crippen molar-refractivity contribution in [1.82, 2.24) is 0 Å². The number of likely N-dealkylation sites (tertiary alicyclic amines) is 1. The van der Waals surface area contributed by atoms with Gasteiger partial charge >= 0.3 is 0 Å². The summed E-state index contributed by atoms with van der Waals surface area (Å²) in [5.41, 5.74) is 0. The van der Waals surface area contributed by atoms with Crippen LogP contribution in [0.1, 0.15) is 39.5 Å². The highest BCUT2D eigenvalue weighted by molar-refractivity contribution is 8.13. The number of hydrogen-bond acceptors (Lipinski definition) is 2. The summed E-state index contributed by atoms with van der Waals surface area (Å²) in [4.78, 5) is 11.2. The third-order valence-corrected chi connectivity index (χ3v) is 4.76. The van der Waals surface area contributed by atoms with Crippen LogP contribution in [-0.4, -0.2) is 41.5 Å². The summed E-state index contributed by atoms with van der Waals surface area (Å²) in [7, 11) is 2.35. The first-order valence-electron chi connectivity index (χ1n) is 6.08. The Hall–Kier alpha value is 0.710. The molecular formula is C12H24INOS. The summed E-state index contributed by atoms with van der Waals surface area (Å²) >= 11 is 1.52. The van der Waals surface area contributed by atoms with Gasteiger partial charge in [-0.1, -0.05) is 18.7 Å². The zero-order valence-corrected chi connectivity index (χ0v) is 13.6. The van der Waals surface area contributed by atoms with E-state index in [1.807, 2.05) is 6.92 Å². The van der Waals surface area contributed by atoms with Gasteiger partial charge in [-0.05, 0) is 26.2 Å². The molecule has 0 amide bonds. The lowest BCUT2D eigenvalue weighted by Crippen LogP contribution is -3.00. The van der Waals surface area contributed by atoms with E-state index >= 15 is 0 Å². The minimum Gasteiger partial charge on any atom is -1.00 e. The molecule has 1 fully saturated rings. The predicted molar refractivity (Wildman–Crippen MR) is 67.0 cm³/mol. The van der Waals surface area contributed by atoms with Crippen molar-refractivity contribution in [3.05, 3.63) is 0 Å². The van der Waals surface area contributed by atoms with Gasteiger partial charge in [0.2, 0.25) is 0 Å². The van der Waals surface area contributed by atoms with Gasteiger partial charge in [0.15, 0.2) is 5.12 Å². The molecule has 96 valence electrons. The van der Waals surface area contributed by atoms with Crippen LogP contribution in [0.25, 0.3) is 0 Å². The minimum absolute atomic E-state index is 0. The van der Waals surface area contributed by atoms with E-state index in [1.165, 1.54) is 42.1 Å². The first-order valence-corrected chi connectivity index (χ1v) is 7.07. The van der Waals surface area contributed by atoms with E-state index < -0.39 is 0 Å². The van der Waals surface area contributed by atoms with Crippen LogP contribution in [0.4, 0.5) is 0 Å². The van der Waals surface area contributed by atoms with Gasteiger partial charge in [0, 0.05) is 6.42 Å². The summed E-state index contributed by atoms with van der Waals surface area (Å²) in [6, 6.07) is 0.774. The fourth-order valence-electron chi connectivity index (χ4n) is 2.25. The summed E-state index contributed by atoms with van der Waals surface area (Å²) in [6.45, 7) is 6.74. The maximum absolute atomic E-state index is 11.2. The molecule has 0 aliphatic carbocycles. The van der Waals surface area contributed by atoms with Crippen molar-refractivity contribution in [3.8, 4) is 0 Å². The summed E-state index contributed by atoms with van der Waals surface area (Å²) in [5, 5.41) is 0.339. The number of hydrogen-bond donors (Lipinski definition) is 0. The molecule has 2 nitrogen and oxygen atoms in total. The van der Waals surface area contributed by atoms with Crippen LogP contribution in [0.15, 0.2) is 0 Å². The quantitative estimate of drug-likeness (QED) is 0.507. The van der Waals surface area contributed by atoms with Crippen molar-refractivity contribution in [1.29, 1.82) is 0 Å². The predicted octanol–water partition coefficient (Wildman–Crippen LogP) is -0.321. The average Bonchev–Trinajstić information content (AvgIpc) is 2.22. The highest BCUT2D eigenvalue weighted by atomic mass is 127. The Morgan fingerprint density at radius 3 is 2.69 bits per heavy atom. The number of thioether (sulfide) groups is 1. The monoisotopic (exact) mass is 357 g/mol. The molecule has 4 heteroatoms. The first kappa shape index (κ1) is 16.7. The van der Waals surface area contributed by atoms with Crippen LogP contribution in [0.2, 0.25) is 0 Å². The van der Waals surface area contributed by atoms with E-state index in [-0.39, 0.29) is 24.0 Å². The fourth-order valence-corrected chi connectivity index (χ4v) is 3.19. The standard InChI is InChI=1S/C12H24NOS.HI/c1-4-12(14)15-10-9-13(3)8-6-5-7-11(13)2;/h11H,4-10H2,1-3H3;1H/q+1;/p-1. The normalized spacial score (nSPS) is 29.6. The van der Waals surface area contributed by atoms with Gasteiger partial charge in [0.05, 0.1) is 31.9 Å². The van der Waals surface area contributed by atoms with Crippen molar-refractivity contribution in [2.75, 3.05) is 25.9 Å². The number of piperidine rings is 1. The number of carbonyl (C=O) groups excluding carboxylic acids is 1. The molecule has 0 radical (unpaired) electrons. The first-order chi connectivity index (χ1) is 7.08. The van der Waals surface area contributed by atoms with E-state index in [4.69, 9.17) is 0 Å². The van der Waals surface area contributed by atoms with Gasteiger partial charge in [-0.2, -0.15) is 0 Å². The van der Waals surface area contributed by atoms with Crippen LogP contribution in [-0.2, 0) is 4.79 Å². The third-order valence-electron chi connectivity index (χ3n) is 3.76. The van der Waals surface area contributed by atoms with E-state index in [0.717, 1.165) is 18.3 Å². The largest absolute Gasteiger partial charge is 1.00 e. The molecular weight excluding hydrogens is 333 g/mol. The van der Waals surface area contributed by atoms with Gasteiger partial charge < -0.3 is 28.5 Å². The zero-order chi connectivity index (χ0) is 11.3. The van der Waals surface area contributed by atoms with Gasteiger partial charge in [-0.3, -0.25) is 4.79 Å². The molecule has 16 heavy (non-hydrogen) atoms. The lowest BCUT2D eigenvalue weighted by Gasteiger charge is -2.43. The Kier molecular flexibility index (Phi) is 8.28. The molecule has 1 rings (SSSR count). The van der Waals surface area contributed by atoms with Gasteiger partial charge in [-0.15, -0.1) is 0 Å². The second-order valence-electron chi connectivity index (χ2n) is 4.85. The molecule has 0 saturated carbocycles. The van der Waals surface area contributed by atoms with Crippen molar-refractivity contribution in [2.45, 2.75) is 45.6 Å². The number of rotatable bonds is 4. The highest BCUT2D eigenvalue weighted by Gasteiger charge is 2.31. The summed E-state index contributed by atoms with van der Waals surface area (Å²) in [6.07, 6.45) is 4.76. The molecule has 0 aromatic rings. The minimum atomic E-state index is 0. The molecule has 2 atom stereocenters. The Bertz CT molecular complexity index is 225. The number of halogens is 1. The van der Waals surface area contributed by atoms with Crippen molar-refractivity contribution in [2.24, 2.45) is 0 Å². The van der Waals surface area contributed by atoms with Gasteiger partial charge in [0.25, 0.3) is 0 Å². The molecule has 0 aromatic carbocycles. The van der Waals surface area contributed by atoms with E-state index in [1.54, 1.807) is 0 Å². The Morgan fingerprint density at radius 2 is 2.12 bits per heavy atom. The Labute approximate surface area is 121 Å². The molecule has 1 aliphatic heterocycles. The molecule has 0 aromatic heterocycles. The van der Waals surface area contributed by atoms with Crippen LogP contribution in [0, 0.1) is 0 Å². The van der Waals surface area contributed by atoms with Gasteiger partial charge in [-0.25, -0.2) is 0 Å². The smallest absolute Gasteiger partial charge is 0.188 e. The number of nitrogens with zero attached hydrogens (tertiary/aromatic N) is 1. The van der Waals surface area contributed by atoms with E-state index in [9.17, 15) is 4.79 Å². The lowest BCUT2D eigenvalue weighted by atomic mass is 10.0. The number of quaternary nitrogens is 1. The third kappa shape index (κ3) is 4.92. The fraction of sp³-hybridized carbons (Fsp3) is 0.917. The molecule has 1 saturated heterocycles. The lowest BCUT2D eigenvalue weighted by molar-refractivity contribution is -0.934. The SMILES string of the molecule is CCC(=O)SCC[N+]1(C)CCCCC1C.[I-]. The molecule has 0 spiro atoms. The molecule has 2 unspecified atom stereocenters. The molecule has 1 aliphatic rings. The maximum atomic E-state index is 11.2. The summed E-state index contributed by atoms with van der Waals surface area (Å²) in [5.74, 6) is 0.994. The maximum Gasteiger partial charge on any atom is 0.188 e. The van der Waals surface area contributed by atoms with E-state index in [0.29, 0.717) is 11.5 Å². The van der Waals surface area contributed by atoms with Crippen LogP contribution >= 0.6 is 11.8 Å². The van der Waals surface area contributed by atoms with Crippen molar-refractivity contribution >= 4 is 16.9 Å². The molecule has 0 bridgehead atoms.